The fraction of sp³-hybridized carbons (Fsp3) is 0.615. The zero-order valence-electron chi connectivity index (χ0n) is 20.7. The number of methoxy groups -OCH3 is 1. The molecule has 35 heavy (non-hydrogen) atoms. The van der Waals surface area contributed by atoms with Gasteiger partial charge in [0.25, 0.3) is 0 Å². The monoisotopic (exact) mass is 482 g/mol. The number of ether oxygens (including phenoxy) is 1. The maximum absolute atomic E-state index is 11.9. The molecule has 1 aliphatic carbocycles. The van der Waals surface area contributed by atoms with Crippen LogP contribution < -0.4 is 10.6 Å². The van der Waals surface area contributed by atoms with Crippen LogP contribution in [0, 0.1) is 0 Å². The van der Waals surface area contributed by atoms with Gasteiger partial charge in [0.1, 0.15) is 11.9 Å². The number of anilines is 2. The van der Waals surface area contributed by atoms with Gasteiger partial charge in [-0.3, -0.25) is 0 Å². The lowest BCUT2D eigenvalue weighted by Gasteiger charge is -2.24. The van der Waals surface area contributed by atoms with Gasteiger partial charge in [0, 0.05) is 44.8 Å². The van der Waals surface area contributed by atoms with E-state index in [9.17, 15) is 9.90 Å². The predicted octanol–water partition coefficient (Wildman–Crippen LogP) is 3.33. The molecular formula is C26H38N6O3. The van der Waals surface area contributed by atoms with Crippen molar-refractivity contribution in [3.05, 3.63) is 41.3 Å². The summed E-state index contributed by atoms with van der Waals surface area (Å²) in [6, 6.07) is 3.62. The van der Waals surface area contributed by atoms with Crippen molar-refractivity contribution in [1.29, 1.82) is 0 Å². The smallest absolute Gasteiger partial charge is 0.326 e. The molecule has 2 aliphatic rings. The van der Waals surface area contributed by atoms with Crippen LogP contribution in [-0.4, -0.2) is 76.9 Å². The Kier molecular flexibility index (Phi) is 9.25. The third-order valence-electron chi connectivity index (χ3n) is 6.78. The van der Waals surface area contributed by atoms with Crippen molar-refractivity contribution < 1.29 is 14.6 Å². The summed E-state index contributed by atoms with van der Waals surface area (Å²) in [4.78, 5) is 27.6. The molecule has 1 atom stereocenters. The molecule has 1 aliphatic heterocycles. The highest BCUT2D eigenvalue weighted by molar-refractivity contribution is 5.76. The number of carboxylic acid groups (broad SMARTS) is 1. The third-order valence-corrected chi connectivity index (χ3v) is 6.78. The Bertz CT molecular complexity index is 951. The standard InChI is InChI=1S/C26H38N6O3/c1-35-16-15-32(13-3-2-6-22-10-9-20-5-4-12-27-24(20)30-22)14-11-23(25(33)34)31-26-28-17-21(18-29-26)19-7-8-19/h9-10,17-19,23H,2-8,11-16H2,1H3,(H,27,30)(H,33,34)(H,28,29,31)/t23-/m0/s1. The molecule has 9 heteroatoms. The summed E-state index contributed by atoms with van der Waals surface area (Å²) >= 11 is 0. The fourth-order valence-electron chi connectivity index (χ4n) is 4.47. The maximum Gasteiger partial charge on any atom is 0.326 e. The van der Waals surface area contributed by atoms with Gasteiger partial charge in [0.05, 0.1) is 6.61 Å². The average Bonchev–Trinajstić information content (AvgIpc) is 3.72. The molecule has 0 saturated heterocycles. The highest BCUT2D eigenvalue weighted by Crippen LogP contribution is 2.39. The number of hydrogen-bond acceptors (Lipinski definition) is 8. The zero-order chi connectivity index (χ0) is 24.5. The Hall–Kier alpha value is -2.78. The Morgan fingerprint density at radius 1 is 1.23 bits per heavy atom. The van der Waals surface area contributed by atoms with Crippen molar-refractivity contribution in [2.75, 3.05) is 50.5 Å². The summed E-state index contributed by atoms with van der Waals surface area (Å²) in [7, 11) is 1.69. The summed E-state index contributed by atoms with van der Waals surface area (Å²) in [5, 5.41) is 16.1. The number of nitrogens with zero attached hydrogens (tertiary/aromatic N) is 4. The molecule has 0 aromatic carbocycles. The van der Waals surface area contributed by atoms with Crippen molar-refractivity contribution in [3.8, 4) is 0 Å². The number of aliphatic carboxylic acids is 1. The first-order valence-corrected chi connectivity index (χ1v) is 12.9. The van der Waals surface area contributed by atoms with E-state index >= 15 is 0 Å². The van der Waals surface area contributed by atoms with E-state index in [1.54, 1.807) is 7.11 Å². The highest BCUT2D eigenvalue weighted by Gasteiger charge is 2.25. The molecule has 0 radical (unpaired) electrons. The summed E-state index contributed by atoms with van der Waals surface area (Å²) in [5.74, 6) is 1.11. The van der Waals surface area contributed by atoms with E-state index in [1.165, 1.54) is 24.8 Å². The number of pyridine rings is 1. The summed E-state index contributed by atoms with van der Waals surface area (Å²) < 4.78 is 5.28. The lowest BCUT2D eigenvalue weighted by atomic mass is 10.1. The van der Waals surface area contributed by atoms with E-state index in [-0.39, 0.29) is 0 Å². The van der Waals surface area contributed by atoms with Crippen LogP contribution in [-0.2, 0) is 22.4 Å². The second kappa shape index (κ2) is 12.8. The van der Waals surface area contributed by atoms with Crippen molar-refractivity contribution in [1.82, 2.24) is 19.9 Å². The molecule has 0 amide bonds. The molecular weight excluding hydrogens is 444 g/mol. The number of aryl methyl sites for hydroxylation is 2. The van der Waals surface area contributed by atoms with Crippen LogP contribution >= 0.6 is 0 Å². The second-order valence-electron chi connectivity index (χ2n) is 9.57. The van der Waals surface area contributed by atoms with Gasteiger partial charge in [-0.2, -0.15) is 0 Å². The fourth-order valence-corrected chi connectivity index (χ4v) is 4.47. The van der Waals surface area contributed by atoms with Crippen LogP contribution in [0.5, 0.6) is 0 Å². The molecule has 3 N–H and O–H groups in total. The lowest BCUT2D eigenvalue weighted by molar-refractivity contribution is -0.138. The number of fused-ring (bicyclic) bond motifs is 1. The van der Waals surface area contributed by atoms with Gasteiger partial charge in [-0.1, -0.05) is 6.07 Å². The lowest BCUT2D eigenvalue weighted by Crippen LogP contribution is -2.37. The Labute approximate surface area is 207 Å². The van der Waals surface area contributed by atoms with E-state index in [1.807, 2.05) is 12.4 Å². The van der Waals surface area contributed by atoms with Crippen molar-refractivity contribution in [2.45, 2.75) is 63.3 Å². The molecule has 0 unspecified atom stereocenters. The Balaban J connectivity index is 1.23. The molecule has 9 nitrogen and oxygen atoms in total. The van der Waals surface area contributed by atoms with Gasteiger partial charge < -0.3 is 25.4 Å². The minimum absolute atomic E-state index is 0.372. The van der Waals surface area contributed by atoms with Gasteiger partial charge in [-0.15, -0.1) is 0 Å². The summed E-state index contributed by atoms with van der Waals surface area (Å²) in [6.45, 7) is 3.95. The van der Waals surface area contributed by atoms with Crippen molar-refractivity contribution in [2.24, 2.45) is 0 Å². The molecule has 0 bridgehead atoms. The van der Waals surface area contributed by atoms with Gasteiger partial charge in [0.2, 0.25) is 5.95 Å². The van der Waals surface area contributed by atoms with E-state index in [0.29, 0.717) is 31.4 Å². The molecule has 0 spiro atoms. The predicted molar refractivity (Wildman–Crippen MR) is 136 cm³/mol. The number of carboxylic acids is 1. The number of aromatic nitrogens is 3. The first kappa shape index (κ1) is 25.3. The van der Waals surface area contributed by atoms with Crippen LogP contribution in [0.3, 0.4) is 0 Å². The molecule has 4 rings (SSSR count). The minimum Gasteiger partial charge on any atom is -0.480 e. The number of nitrogens with one attached hydrogen (secondary N) is 2. The molecule has 3 heterocycles. The van der Waals surface area contributed by atoms with Crippen LogP contribution in [0.25, 0.3) is 0 Å². The van der Waals surface area contributed by atoms with Crippen LogP contribution in [0.4, 0.5) is 11.8 Å². The maximum atomic E-state index is 11.9. The largest absolute Gasteiger partial charge is 0.480 e. The summed E-state index contributed by atoms with van der Waals surface area (Å²) in [6.07, 6.45) is 11.7. The zero-order valence-corrected chi connectivity index (χ0v) is 20.7. The Morgan fingerprint density at radius 3 is 2.80 bits per heavy atom. The van der Waals surface area contributed by atoms with Crippen molar-refractivity contribution in [3.63, 3.8) is 0 Å². The number of hydrogen-bond donors (Lipinski definition) is 3. The Morgan fingerprint density at radius 2 is 2.06 bits per heavy atom. The van der Waals surface area contributed by atoms with E-state index in [0.717, 1.165) is 62.4 Å². The first-order chi connectivity index (χ1) is 17.1. The normalized spacial score (nSPS) is 15.9. The molecule has 1 fully saturated rings. The number of unbranched alkanes of at least 4 members (excludes halogenated alkanes) is 1. The molecule has 1 saturated carbocycles. The van der Waals surface area contributed by atoms with Gasteiger partial charge in [0.15, 0.2) is 0 Å². The minimum atomic E-state index is -0.890. The average molecular weight is 483 g/mol. The number of rotatable bonds is 15. The van der Waals surface area contributed by atoms with Crippen LogP contribution in [0.1, 0.15) is 61.3 Å². The van der Waals surface area contributed by atoms with Gasteiger partial charge in [-0.05, 0) is 81.0 Å². The molecule has 2 aromatic rings. The topological polar surface area (TPSA) is 113 Å². The quantitative estimate of drug-likeness (QED) is 0.329. The molecule has 190 valence electrons. The SMILES string of the molecule is COCCN(CCCCc1ccc2c(n1)NCCC2)CC[C@H](Nc1ncc(C2CC2)cn1)C(=O)O. The van der Waals surface area contributed by atoms with Crippen LogP contribution in [0.2, 0.25) is 0 Å². The second-order valence-corrected chi connectivity index (χ2v) is 9.57. The van der Waals surface area contributed by atoms with Crippen LogP contribution in [0.15, 0.2) is 24.5 Å². The summed E-state index contributed by atoms with van der Waals surface area (Å²) in [5.41, 5.74) is 3.58. The molecule has 2 aromatic heterocycles. The van der Waals surface area contributed by atoms with Gasteiger partial charge >= 0.3 is 5.97 Å². The first-order valence-electron chi connectivity index (χ1n) is 12.9. The number of carbonyl (C=O) groups is 1. The van der Waals surface area contributed by atoms with E-state index in [4.69, 9.17) is 9.72 Å². The van der Waals surface area contributed by atoms with E-state index in [2.05, 4.69) is 37.6 Å². The van der Waals surface area contributed by atoms with Gasteiger partial charge in [-0.25, -0.2) is 19.7 Å². The highest BCUT2D eigenvalue weighted by atomic mass is 16.5. The van der Waals surface area contributed by atoms with Crippen molar-refractivity contribution >= 4 is 17.7 Å². The van der Waals surface area contributed by atoms with E-state index < -0.39 is 12.0 Å². The third kappa shape index (κ3) is 7.86.